The molecule has 1 aliphatic heterocycles. The number of hydrogen-bond donors (Lipinski definition) is 5. The molecule has 0 aliphatic carbocycles. The highest BCUT2D eigenvalue weighted by molar-refractivity contribution is 5.99. The van der Waals surface area contributed by atoms with E-state index in [1.807, 2.05) is 54.5 Å². The Morgan fingerprint density at radius 2 is 1.11 bits per heavy atom. The number of nitrogens with one attached hydrogen (secondary N) is 3. The second kappa shape index (κ2) is 46.4. The number of aliphatic hydroxyl groups excluding tert-OH is 1. The van der Waals surface area contributed by atoms with Crippen LogP contribution in [0.3, 0.4) is 0 Å². The van der Waals surface area contributed by atoms with Gasteiger partial charge in [-0.2, -0.15) is 0 Å². The molecule has 1 saturated heterocycles. The summed E-state index contributed by atoms with van der Waals surface area (Å²) >= 11 is 0. The van der Waals surface area contributed by atoms with Crippen molar-refractivity contribution >= 4 is 76.0 Å². The van der Waals surface area contributed by atoms with Gasteiger partial charge in [0, 0.05) is 110 Å². The first-order valence-electron chi connectivity index (χ1n) is 36.2. The quantitative estimate of drug-likeness (QED) is 0.0260. The van der Waals surface area contributed by atoms with E-state index in [4.69, 9.17) is 9.94 Å². The van der Waals surface area contributed by atoms with Gasteiger partial charge in [-0.1, -0.05) is 129 Å². The van der Waals surface area contributed by atoms with Crippen LogP contribution in [0.2, 0.25) is 0 Å². The molecule has 1 rings (SSSR count). The summed E-state index contributed by atoms with van der Waals surface area (Å²) in [6, 6.07) is -6.90. The van der Waals surface area contributed by atoms with Crippen molar-refractivity contribution in [1.29, 1.82) is 0 Å². The van der Waals surface area contributed by atoms with E-state index in [0.29, 0.717) is 18.6 Å². The van der Waals surface area contributed by atoms with Gasteiger partial charge in [-0.05, 0) is 107 Å². The second-order valence-corrected chi connectivity index (χ2v) is 30.0. The summed E-state index contributed by atoms with van der Waals surface area (Å²) in [6.45, 7) is 34.3. The Bertz CT molecular complexity index is 2620. The summed E-state index contributed by atoms with van der Waals surface area (Å²) in [5, 5.41) is 26.5. The second-order valence-electron chi connectivity index (χ2n) is 30.0. The van der Waals surface area contributed by atoms with Gasteiger partial charge in [0.15, 0.2) is 28.9 Å². The van der Waals surface area contributed by atoms with E-state index in [-0.39, 0.29) is 75.7 Å². The van der Waals surface area contributed by atoms with Crippen LogP contribution >= 0.6 is 0 Å². The monoisotopic (exact) mass is 1390 g/mol. The summed E-state index contributed by atoms with van der Waals surface area (Å²) in [6.07, 6.45) is 3.56. The lowest BCUT2D eigenvalue weighted by Gasteiger charge is -2.36. The molecule has 1 fully saturated rings. The van der Waals surface area contributed by atoms with Crippen LogP contribution in [0.15, 0.2) is 12.2 Å². The molecule has 0 unspecified atom stereocenters. The number of hydroxylamine groups is 1. The molecule has 1 aliphatic rings. The van der Waals surface area contributed by atoms with E-state index in [0.717, 1.165) is 23.7 Å². The average molecular weight is 1390 g/mol. The smallest absolute Gasteiger partial charge is 0.245 e. The number of aliphatic hydroxyl groups is 1. The van der Waals surface area contributed by atoms with Crippen molar-refractivity contribution < 1.29 is 77.4 Å². The van der Waals surface area contributed by atoms with Crippen molar-refractivity contribution in [3.8, 4) is 0 Å². The molecule has 23 nitrogen and oxygen atoms in total. The Labute approximate surface area is 588 Å². The lowest BCUT2D eigenvalue weighted by atomic mass is 9.82. The van der Waals surface area contributed by atoms with E-state index >= 15 is 0 Å². The van der Waals surface area contributed by atoms with Crippen LogP contribution in [-0.2, 0) is 67.1 Å². The molecular weight excluding hydrogens is 1250 g/mol. The Hall–Kier alpha value is -6.07. The van der Waals surface area contributed by atoms with Crippen LogP contribution in [0.25, 0.3) is 0 Å². The molecule has 0 saturated carbocycles. The van der Waals surface area contributed by atoms with E-state index in [1.54, 1.807) is 66.9 Å². The molecular formula is C75H131N7O16. The van der Waals surface area contributed by atoms with Gasteiger partial charge in [0.1, 0.15) is 17.9 Å². The average Bonchev–Trinajstić information content (AvgIpc) is 0.829. The fourth-order valence-corrected chi connectivity index (χ4v) is 12.7. The minimum atomic E-state index is -1.41. The van der Waals surface area contributed by atoms with Crippen molar-refractivity contribution in [2.75, 3.05) is 34.8 Å². The number of rotatable bonds is 24. The molecule has 98 heavy (non-hydrogen) atoms. The van der Waals surface area contributed by atoms with Gasteiger partial charge in [-0.15, -0.1) is 0 Å². The number of nitrogens with zero attached hydrogens (tertiary/aromatic N) is 4. The Morgan fingerprint density at radius 1 is 0.582 bits per heavy atom. The predicted octanol–water partition coefficient (Wildman–Crippen LogP) is 9.27. The van der Waals surface area contributed by atoms with Crippen molar-refractivity contribution in [2.45, 2.75) is 289 Å². The highest BCUT2D eigenvalue weighted by Crippen LogP contribution is 2.30. The first-order chi connectivity index (χ1) is 45.6. The summed E-state index contributed by atoms with van der Waals surface area (Å²) in [7, 11) is 5.77. The molecule has 5 N–H and O–H groups in total. The molecule has 0 spiro atoms. The van der Waals surface area contributed by atoms with E-state index in [2.05, 4.69) is 24.5 Å². The Kier molecular flexibility index (Phi) is 43.5. The fourth-order valence-electron chi connectivity index (χ4n) is 12.7. The first-order valence-corrected chi connectivity index (χ1v) is 36.2. The standard InChI is InChI=1S/C66H113N7O15.C9H18O/c1-21-23-25-42(13)61(81)48-36-55(77)59(41(11)12)73(20)65(85)46(30-37(3)4)34-54(76)51(32-39(7)8)70(17)64(84)44(15)67-62(82)43(14)33-53(75)50(31-38(5)6)71(18)66(86)47(40(9)10)35-56(78)60(45(16)88-29-24-26-57(79)69-87)72(19)58(80)28-27-52(74)49(22-2)68-63(48)83;1-4-9(10)7-5-6-8(2)3/h21,23,37-51,59-61,81,87H,22,24-36H2,1-20H3,(H,67,82)(H,68,83)(H,69,79);8H,4-7H2,1-3H3/b23-21+;/t42-,43-,44-,45-,46-,47+,48+,49+,50+,51+,59+,60+,61-;/m1./s1. The summed E-state index contributed by atoms with van der Waals surface area (Å²) < 4.78 is 6.03. The highest BCUT2D eigenvalue weighted by atomic mass is 16.5. The maximum absolute atomic E-state index is 14.9. The third-order valence-corrected chi connectivity index (χ3v) is 18.7. The number of carbonyl (C=O) groups is 13. The summed E-state index contributed by atoms with van der Waals surface area (Å²) in [5.41, 5.74) is 1.55. The number of Topliss-reactive ketones (excluding diaryl/α,β-unsaturated/α-hetero) is 6. The van der Waals surface area contributed by atoms with Crippen LogP contribution in [0, 0.1) is 65.1 Å². The van der Waals surface area contributed by atoms with Crippen LogP contribution in [-0.4, -0.2) is 189 Å². The number of ketones is 6. The molecule has 23 heteroatoms. The molecule has 0 radical (unpaired) electrons. The van der Waals surface area contributed by atoms with E-state index in [1.165, 1.54) is 63.2 Å². The predicted molar refractivity (Wildman–Crippen MR) is 380 cm³/mol. The lowest BCUT2D eigenvalue weighted by Crippen LogP contribution is -2.53. The molecule has 0 aromatic carbocycles. The van der Waals surface area contributed by atoms with Crippen molar-refractivity contribution in [3.63, 3.8) is 0 Å². The van der Waals surface area contributed by atoms with Crippen molar-refractivity contribution in [3.05, 3.63) is 12.2 Å². The molecule has 562 valence electrons. The fraction of sp³-hybridized carbons (Fsp3) is 0.800. The first kappa shape index (κ1) is 91.9. The number of hydrogen-bond acceptors (Lipinski definition) is 16. The number of carbonyl (C=O) groups excluding carboxylic acids is 13. The van der Waals surface area contributed by atoms with Crippen LogP contribution in [0.4, 0.5) is 0 Å². The summed E-state index contributed by atoms with van der Waals surface area (Å²) in [5.74, 6) is -12.0. The van der Waals surface area contributed by atoms with Gasteiger partial charge in [0.05, 0.1) is 42.3 Å². The normalized spacial score (nSPS) is 25.0. The maximum Gasteiger partial charge on any atom is 0.245 e. The molecule has 0 bridgehead atoms. The van der Waals surface area contributed by atoms with Crippen LogP contribution in [0.1, 0.15) is 241 Å². The van der Waals surface area contributed by atoms with E-state index in [9.17, 15) is 67.4 Å². The van der Waals surface area contributed by atoms with Crippen molar-refractivity contribution in [2.24, 2.45) is 65.1 Å². The third kappa shape index (κ3) is 31.6. The minimum Gasteiger partial charge on any atom is -0.392 e. The molecule has 1 heterocycles. The zero-order valence-corrected chi connectivity index (χ0v) is 64.3. The van der Waals surface area contributed by atoms with Gasteiger partial charge >= 0.3 is 0 Å². The number of ether oxygens (including phenoxy) is 1. The maximum atomic E-state index is 14.9. The zero-order valence-electron chi connectivity index (χ0n) is 64.3. The number of amides is 7. The molecule has 0 aromatic heterocycles. The summed E-state index contributed by atoms with van der Waals surface area (Å²) in [4.78, 5) is 187. The van der Waals surface area contributed by atoms with Gasteiger partial charge in [0.2, 0.25) is 41.4 Å². The topological polar surface area (TPSA) is 321 Å². The highest BCUT2D eigenvalue weighted by Gasteiger charge is 2.43. The minimum absolute atomic E-state index is 0.0549. The van der Waals surface area contributed by atoms with Crippen LogP contribution < -0.4 is 16.1 Å². The van der Waals surface area contributed by atoms with Crippen molar-refractivity contribution in [1.82, 2.24) is 35.7 Å². The lowest BCUT2D eigenvalue weighted by molar-refractivity contribution is -0.148. The molecule has 0 aromatic rings. The van der Waals surface area contributed by atoms with Gasteiger partial charge in [-0.25, -0.2) is 5.48 Å². The Morgan fingerprint density at radius 3 is 1.60 bits per heavy atom. The third-order valence-electron chi connectivity index (χ3n) is 18.7. The Balaban J connectivity index is 0.00000864. The SMILES string of the molecule is C/C=C/C[C@@H](C)[C@@H](O)[C@@H]1CC(=O)[C@H](C(C)C)N(C)C(=O)[C@H](CC(C)C)CC(=O)[C@H](CC(C)C)N(C)C(=O)[C@@H](C)NC(=O)[C@H](C)CC(=O)[C@H](CC(C)C)N(C)C(=O)[C@H](C(C)C)CC(=O)[C@H]([C@@H](C)OCCCC(=O)NO)N(C)C(=O)CCC(=O)[C@H](CC)NC1=O.CCC(=O)CCCC(C)C. The molecule has 13 atom stereocenters. The zero-order chi connectivity index (χ0) is 75.8. The largest absolute Gasteiger partial charge is 0.392 e. The van der Waals surface area contributed by atoms with E-state index < -0.39 is 186 Å². The number of allylic oxidation sites excluding steroid dienone is 2. The number of likely N-dealkylation sites (N-methyl/N-ethyl adjacent to an activating group) is 4. The van der Waals surface area contributed by atoms with Gasteiger partial charge in [-0.3, -0.25) is 67.5 Å². The molecule has 7 amide bonds. The van der Waals surface area contributed by atoms with Gasteiger partial charge < -0.3 is 40.1 Å². The van der Waals surface area contributed by atoms with Crippen LogP contribution in [0.5, 0.6) is 0 Å². The van der Waals surface area contributed by atoms with Gasteiger partial charge in [0.25, 0.3) is 0 Å².